The number of nitrogens with one attached hydrogen (secondary N) is 2. The van der Waals surface area contributed by atoms with Gasteiger partial charge < -0.3 is 15.5 Å². The maximum atomic E-state index is 13.7. The van der Waals surface area contributed by atoms with Gasteiger partial charge in [-0.1, -0.05) is 13.0 Å². The Balaban J connectivity index is 1.74. The third-order valence-electron chi connectivity index (χ3n) is 4.48. The molecule has 2 rings (SSSR count). The van der Waals surface area contributed by atoms with Crippen molar-refractivity contribution < 1.29 is 9.18 Å². The third kappa shape index (κ3) is 7.10. The van der Waals surface area contributed by atoms with Gasteiger partial charge in [-0.2, -0.15) is 0 Å². The average molecular weight is 442 g/mol. The van der Waals surface area contributed by atoms with Crippen molar-refractivity contribution in [1.29, 1.82) is 0 Å². The van der Waals surface area contributed by atoms with Crippen molar-refractivity contribution in [2.45, 2.75) is 26.3 Å². The third-order valence-corrected chi connectivity index (χ3v) is 5.12. The van der Waals surface area contributed by atoms with Gasteiger partial charge in [0, 0.05) is 59.3 Å². The van der Waals surface area contributed by atoms with Crippen LogP contribution in [-0.2, 0) is 11.3 Å². The Labute approximate surface area is 169 Å². The first kappa shape index (κ1) is 21.6. The summed E-state index contributed by atoms with van der Waals surface area (Å²) in [5.41, 5.74) is 0.977. The summed E-state index contributed by atoms with van der Waals surface area (Å²) < 4.78 is 14.2. The number of nitrogens with zero attached hydrogens (tertiary/aromatic N) is 3. The highest BCUT2D eigenvalue weighted by atomic mass is 79.9. The lowest BCUT2D eigenvalue weighted by molar-refractivity contribution is -0.120. The standard InChI is InChI=1S/C19H29BrFN5O/c1-3-7-23-18(27)6-8-24-19(22-2)26-11-9-25(10-12-26)14-15-4-5-16(20)17(21)13-15/h4-5,13H,3,6-12,14H2,1-2H3,(H,22,24)(H,23,27). The summed E-state index contributed by atoms with van der Waals surface area (Å²) in [5, 5.41) is 6.14. The van der Waals surface area contributed by atoms with Crippen LogP contribution < -0.4 is 10.6 Å². The Morgan fingerprint density at radius 3 is 2.59 bits per heavy atom. The van der Waals surface area contributed by atoms with E-state index in [9.17, 15) is 9.18 Å². The Bertz CT molecular complexity index is 647. The number of rotatable bonds is 7. The summed E-state index contributed by atoms with van der Waals surface area (Å²) >= 11 is 3.19. The van der Waals surface area contributed by atoms with Crippen LogP contribution in [-0.4, -0.2) is 68.0 Å². The molecule has 1 saturated heterocycles. The predicted octanol–water partition coefficient (Wildman–Crippen LogP) is 2.20. The van der Waals surface area contributed by atoms with E-state index in [1.54, 1.807) is 19.2 Å². The average Bonchev–Trinajstić information content (AvgIpc) is 2.67. The maximum Gasteiger partial charge on any atom is 0.221 e. The van der Waals surface area contributed by atoms with Crippen LogP contribution in [0.25, 0.3) is 0 Å². The van der Waals surface area contributed by atoms with Crippen molar-refractivity contribution in [3.05, 3.63) is 34.1 Å². The number of amides is 1. The van der Waals surface area contributed by atoms with Crippen molar-refractivity contribution in [3.8, 4) is 0 Å². The molecule has 150 valence electrons. The molecule has 1 aromatic carbocycles. The molecule has 6 nitrogen and oxygen atoms in total. The van der Waals surface area contributed by atoms with E-state index in [1.807, 2.05) is 13.0 Å². The summed E-state index contributed by atoms with van der Waals surface area (Å²) in [5.74, 6) is 0.665. The summed E-state index contributed by atoms with van der Waals surface area (Å²) in [6, 6.07) is 5.29. The molecule has 8 heteroatoms. The number of guanidine groups is 1. The van der Waals surface area contributed by atoms with Gasteiger partial charge in [-0.15, -0.1) is 0 Å². The molecule has 0 spiro atoms. The number of hydrogen-bond acceptors (Lipinski definition) is 3. The highest BCUT2D eigenvalue weighted by molar-refractivity contribution is 9.10. The van der Waals surface area contributed by atoms with Crippen molar-refractivity contribution in [2.24, 2.45) is 4.99 Å². The first-order valence-corrected chi connectivity index (χ1v) is 10.2. The smallest absolute Gasteiger partial charge is 0.221 e. The topological polar surface area (TPSA) is 60.0 Å². The van der Waals surface area contributed by atoms with Crippen molar-refractivity contribution >= 4 is 27.8 Å². The molecule has 0 unspecified atom stereocenters. The molecular weight excluding hydrogens is 413 g/mol. The molecule has 2 N–H and O–H groups in total. The first-order valence-electron chi connectivity index (χ1n) is 9.42. The minimum atomic E-state index is -0.223. The van der Waals surface area contributed by atoms with Gasteiger partial charge in [0.2, 0.25) is 5.91 Å². The molecule has 1 amide bonds. The molecule has 1 aliphatic heterocycles. The van der Waals surface area contributed by atoms with Crippen molar-refractivity contribution in [3.63, 3.8) is 0 Å². The van der Waals surface area contributed by atoms with E-state index in [2.05, 4.69) is 41.4 Å². The second-order valence-electron chi connectivity index (χ2n) is 6.59. The van der Waals surface area contributed by atoms with Gasteiger partial charge in [-0.3, -0.25) is 14.7 Å². The van der Waals surface area contributed by atoms with Crippen LogP contribution in [0.2, 0.25) is 0 Å². The molecule has 1 heterocycles. The van der Waals surface area contributed by atoms with E-state index in [-0.39, 0.29) is 11.7 Å². The number of piperazine rings is 1. The number of hydrogen-bond donors (Lipinski definition) is 2. The van der Waals surface area contributed by atoms with E-state index < -0.39 is 0 Å². The van der Waals surface area contributed by atoms with Gasteiger partial charge in [0.15, 0.2) is 5.96 Å². The molecule has 27 heavy (non-hydrogen) atoms. The predicted molar refractivity (Wildman–Crippen MR) is 110 cm³/mol. The molecule has 1 aliphatic rings. The highest BCUT2D eigenvalue weighted by Crippen LogP contribution is 2.18. The van der Waals surface area contributed by atoms with E-state index >= 15 is 0 Å². The first-order chi connectivity index (χ1) is 13.0. The molecule has 1 aromatic rings. The minimum Gasteiger partial charge on any atom is -0.356 e. The molecular formula is C19H29BrFN5O. The lowest BCUT2D eigenvalue weighted by Gasteiger charge is -2.36. The fourth-order valence-corrected chi connectivity index (χ4v) is 3.23. The van der Waals surface area contributed by atoms with Crippen LogP contribution in [0.1, 0.15) is 25.3 Å². The van der Waals surface area contributed by atoms with Crippen LogP contribution in [0.5, 0.6) is 0 Å². The Kier molecular flexibility index (Phi) is 9.00. The molecule has 0 atom stereocenters. The Morgan fingerprint density at radius 1 is 1.22 bits per heavy atom. The monoisotopic (exact) mass is 441 g/mol. The fourth-order valence-electron chi connectivity index (χ4n) is 2.99. The summed E-state index contributed by atoms with van der Waals surface area (Å²) in [7, 11) is 1.76. The van der Waals surface area contributed by atoms with Gasteiger partial charge >= 0.3 is 0 Å². The van der Waals surface area contributed by atoms with Gasteiger partial charge in [0.05, 0.1) is 4.47 Å². The molecule has 0 radical (unpaired) electrons. The van der Waals surface area contributed by atoms with E-state index in [0.717, 1.165) is 57.2 Å². The van der Waals surface area contributed by atoms with Crippen molar-refractivity contribution in [1.82, 2.24) is 20.4 Å². The van der Waals surface area contributed by atoms with E-state index in [0.29, 0.717) is 17.4 Å². The van der Waals surface area contributed by atoms with E-state index in [4.69, 9.17) is 0 Å². The Morgan fingerprint density at radius 2 is 1.96 bits per heavy atom. The zero-order valence-corrected chi connectivity index (χ0v) is 17.7. The minimum absolute atomic E-state index is 0.0614. The van der Waals surface area contributed by atoms with Gasteiger partial charge in [-0.25, -0.2) is 4.39 Å². The van der Waals surface area contributed by atoms with Crippen LogP contribution in [0, 0.1) is 5.82 Å². The molecule has 0 bridgehead atoms. The fraction of sp³-hybridized carbons (Fsp3) is 0.579. The number of carbonyl (C=O) groups excluding carboxylic acids is 1. The highest BCUT2D eigenvalue weighted by Gasteiger charge is 2.20. The number of benzene rings is 1. The quantitative estimate of drug-likeness (QED) is 0.502. The molecule has 0 saturated carbocycles. The second kappa shape index (κ2) is 11.2. The normalized spacial score (nSPS) is 15.7. The maximum absolute atomic E-state index is 13.7. The SMILES string of the molecule is CCCNC(=O)CCNC(=NC)N1CCN(Cc2ccc(Br)c(F)c2)CC1. The largest absolute Gasteiger partial charge is 0.356 e. The van der Waals surface area contributed by atoms with Gasteiger partial charge in [0.25, 0.3) is 0 Å². The van der Waals surface area contributed by atoms with Crippen LogP contribution in [0.4, 0.5) is 4.39 Å². The van der Waals surface area contributed by atoms with Crippen LogP contribution in [0.15, 0.2) is 27.7 Å². The summed E-state index contributed by atoms with van der Waals surface area (Å²) in [6.45, 7) is 7.53. The van der Waals surface area contributed by atoms with Crippen molar-refractivity contribution in [2.75, 3.05) is 46.3 Å². The summed E-state index contributed by atoms with van der Waals surface area (Å²) in [4.78, 5) is 20.5. The zero-order valence-electron chi connectivity index (χ0n) is 16.1. The van der Waals surface area contributed by atoms with E-state index in [1.165, 1.54) is 0 Å². The molecule has 1 fully saturated rings. The number of halogens is 2. The zero-order chi connectivity index (χ0) is 19.6. The summed E-state index contributed by atoms with van der Waals surface area (Å²) in [6.07, 6.45) is 1.38. The Hall–Kier alpha value is -1.67. The lowest BCUT2D eigenvalue weighted by Crippen LogP contribution is -2.52. The van der Waals surface area contributed by atoms with Gasteiger partial charge in [0.1, 0.15) is 5.82 Å². The molecule has 0 aliphatic carbocycles. The van der Waals surface area contributed by atoms with Crippen LogP contribution in [0.3, 0.4) is 0 Å². The lowest BCUT2D eigenvalue weighted by atomic mass is 10.2. The second-order valence-corrected chi connectivity index (χ2v) is 7.44. The number of carbonyl (C=O) groups is 1. The van der Waals surface area contributed by atoms with Crippen LogP contribution >= 0.6 is 15.9 Å². The molecule has 0 aromatic heterocycles. The number of aliphatic imine (C=N–C) groups is 1. The van der Waals surface area contributed by atoms with Gasteiger partial charge in [-0.05, 0) is 40.0 Å².